The molecular formula is C16H16Cl2FN. The predicted octanol–water partition coefficient (Wildman–Crippen LogP) is 4.94. The number of rotatable bonds is 4. The number of benzene rings is 2. The number of halogens is 3. The largest absolute Gasteiger partial charge is 0.313 e. The third-order valence-corrected chi connectivity index (χ3v) is 4.01. The van der Waals surface area contributed by atoms with Crippen LogP contribution in [0.3, 0.4) is 0 Å². The Labute approximate surface area is 128 Å². The lowest BCUT2D eigenvalue weighted by molar-refractivity contribution is 0.553. The van der Waals surface area contributed by atoms with Gasteiger partial charge in [0.05, 0.1) is 0 Å². The Morgan fingerprint density at radius 2 is 1.95 bits per heavy atom. The number of hydrogen-bond acceptors (Lipinski definition) is 1. The minimum absolute atomic E-state index is 0.0123. The molecule has 20 heavy (non-hydrogen) atoms. The van der Waals surface area contributed by atoms with Gasteiger partial charge in [-0.2, -0.15) is 0 Å². The second kappa shape index (κ2) is 6.57. The summed E-state index contributed by atoms with van der Waals surface area (Å²) in [6.07, 6.45) is 0.491. The number of aryl methyl sites for hydroxylation is 1. The lowest BCUT2D eigenvalue weighted by atomic mass is 9.95. The molecule has 0 saturated carbocycles. The van der Waals surface area contributed by atoms with Crippen LogP contribution in [0, 0.1) is 12.7 Å². The van der Waals surface area contributed by atoms with E-state index in [0.29, 0.717) is 22.0 Å². The quantitative estimate of drug-likeness (QED) is 0.843. The van der Waals surface area contributed by atoms with Crippen LogP contribution in [0.4, 0.5) is 4.39 Å². The fourth-order valence-electron chi connectivity index (χ4n) is 2.33. The average Bonchev–Trinajstić information content (AvgIpc) is 2.40. The van der Waals surface area contributed by atoms with Gasteiger partial charge in [-0.1, -0.05) is 35.3 Å². The summed E-state index contributed by atoms with van der Waals surface area (Å²) in [6, 6.07) is 10.5. The lowest BCUT2D eigenvalue weighted by Gasteiger charge is -2.20. The van der Waals surface area contributed by atoms with Gasteiger partial charge >= 0.3 is 0 Å². The van der Waals surface area contributed by atoms with Crippen molar-refractivity contribution in [3.8, 4) is 0 Å². The van der Waals surface area contributed by atoms with E-state index in [0.717, 1.165) is 11.1 Å². The zero-order valence-corrected chi connectivity index (χ0v) is 12.9. The second-order valence-corrected chi connectivity index (χ2v) is 5.59. The zero-order chi connectivity index (χ0) is 14.7. The van der Waals surface area contributed by atoms with Crippen LogP contribution >= 0.6 is 23.2 Å². The van der Waals surface area contributed by atoms with Gasteiger partial charge in [0.2, 0.25) is 0 Å². The van der Waals surface area contributed by atoms with Gasteiger partial charge in [-0.25, -0.2) is 4.39 Å². The SMILES string of the molecule is CNC(Cc1c(F)cccc1Cl)c1ccc(Cl)cc1C. The van der Waals surface area contributed by atoms with E-state index < -0.39 is 0 Å². The van der Waals surface area contributed by atoms with Crippen LogP contribution in [0.2, 0.25) is 10.0 Å². The maximum atomic E-state index is 13.9. The van der Waals surface area contributed by atoms with E-state index >= 15 is 0 Å². The molecule has 0 bridgehead atoms. The summed E-state index contributed by atoms with van der Waals surface area (Å²) in [5, 5.41) is 4.37. The van der Waals surface area contributed by atoms with E-state index in [1.807, 2.05) is 32.2 Å². The summed E-state index contributed by atoms with van der Waals surface area (Å²) < 4.78 is 13.9. The molecule has 0 aliphatic rings. The van der Waals surface area contributed by atoms with Crippen molar-refractivity contribution in [1.29, 1.82) is 0 Å². The standard InChI is InChI=1S/C16H16Cl2FN/c1-10-8-11(17)6-7-12(10)16(20-2)9-13-14(18)4-3-5-15(13)19/h3-8,16,20H,9H2,1-2H3. The van der Waals surface area contributed by atoms with Crippen LogP contribution in [0.25, 0.3) is 0 Å². The van der Waals surface area contributed by atoms with Gasteiger partial charge in [0.25, 0.3) is 0 Å². The Kier molecular flexibility index (Phi) is 5.03. The molecule has 1 N–H and O–H groups in total. The van der Waals surface area contributed by atoms with Crippen molar-refractivity contribution in [3.63, 3.8) is 0 Å². The molecule has 1 unspecified atom stereocenters. The lowest BCUT2D eigenvalue weighted by Crippen LogP contribution is -2.20. The van der Waals surface area contributed by atoms with Gasteiger partial charge in [0.1, 0.15) is 5.82 Å². The van der Waals surface area contributed by atoms with Crippen molar-refractivity contribution in [2.24, 2.45) is 0 Å². The Morgan fingerprint density at radius 1 is 1.20 bits per heavy atom. The highest BCUT2D eigenvalue weighted by atomic mass is 35.5. The first-order valence-electron chi connectivity index (χ1n) is 6.39. The van der Waals surface area contributed by atoms with Crippen molar-refractivity contribution in [1.82, 2.24) is 5.32 Å². The Balaban J connectivity index is 2.34. The molecule has 4 heteroatoms. The fourth-order valence-corrected chi connectivity index (χ4v) is 2.80. The molecule has 0 aliphatic heterocycles. The highest BCUT2D eigenvalue weighted by molar-refractivity contribution is 6.31. The van der Waals surface area contributed by atoms with Crippen LogP contribution in [0.1, 0.15) is 22.7 Å². The van der Waals surface area contributed by atoms with E-state index in [1.54, 1.807) is 12.1 Å². The number of likely N-dealkylation sites (N-methyl/N-ethyl adjacent to an activating group) is 1. The first-order valence-corrected chi connectivity index (χ1v) is 7.14. The molecule has 0 saturated heterocycles. The molecule has 0 radical (unpaired) electrons. The van der Waals surface area contributed by atoms with E-state index in [1.165, 1.54) is 6.07 Å². The molecule has 0 fully saturated rings. The van der Waals surface area contributed by atoms with E-state index in [-0.39, 0.29) is 11.9 Å². The Bertz CT molecular complexity index is 593. The smallest absolute Gasteiger partial charge is 0.127 e. The van der Waals surface area contributed by atoms with Gasteiger partial charge in [-0.05, 0) is 55.8 Å². The first-order chi connectivity index (χ1) is 9.52. The summed E-state index contributed by atoms with van der Waals surface area (Å²) in [5.74, 6) is -0.274. The molecule has 0 aliphatic carbocycles. The van der Waals surface area contributed by atoms with Crippen LogP contribution in [0.5, 0.6) is 0 Å². The maximum Gasteiger partial charge on any atom is 0.127 e. The van der Waals surface area contributed by atoms with Gasteiger partial charge in [-0.3, -0.25) is 0 Å². The average molecular weight is 312 g/mol. The highest BCUT2D eigenvalue weighted by Gasteiger charge is 2.17. The molecule has 2 rings (SSSR count). The summed E-state index contributed by atoms with van der Waals surface area (Å²) in [7, 11) is 1.85. The van der Waals surface area contributed by atoms with Gasteiger partial charge in [0.15, 0.2) is 0 Å². The van der Waals surface area contributed by atoms with E-state index in [4.69, 9.17) is 23.2 Å². The van der Waals surface area contributed by atoms with Crippen molar-refractivity contribution < 1.29 is 4.39 Å². The van der Waals surface area contributed by atoms with Crippen molar-refractivity contribution >= 4 is 23.2 Å². The van der Waals surface area contributed by atoms with Crippen LogP contribution in [0.15, 0.2) is 36.4 Å². The van der Waals surface area contributed by atoms with Gasteiger partial charge in [0, 0.05) is 21.7 Å². The summed E-state index contributed by atoms with van der Waals surface area (Å²) in [5.41, 5.74) is 2.70. The molecule has 0 amide bonds. The minimum Gasteiger partial charge on any atom is -0.313 e. The molecule has 1 nitrogen and oxygen atoms in total. The molecule has 0 aromatic heterocycles. The number of nitrogens with one attached hydrogen (secondary N) is 1. The van der Waals surface area contributed by atoms with Crippen LogP contribution in [-0.4, -0.2) is 7.05 Å². The molecule has 1 atom stereocenters. The molecule has 0 heterocycles. The third-order valence-electron chi connectivity index (χ3n) is 3.43. The predicted molar refractivity (Wildman–Crippen MR) is 83.1 cm³/mol. The Morgan fingerprint density at radius 3 is 2.55 bits per heavy atom. The van der Waals surface area contributed by atoms with Crippen molar-refractivity contribution in [2.45, 2.75) is 19.4 Å². The topological polar surface area (TPSA) is 12.0 Å². The van der Waals surface area contributed by atoms with E-state index in [9.17, 15) is 4.39 Å². The molecule has 2 aromatic carbocycles. The fraction of sp³-hybridized carbons (Fsp3) is 0.250. The first kappa shape index (κ1) is 15.3. The van der Waals surface area contributed by atoms with Crippen LogP contribution < -0.4 is 5.32 Å². The summed E-state index contributed by atoms with van der Waals surface area (Å²) in [4.78, 5) is 0. The zero-order valence-electron chi connectivity index (χ0n) is 11.4. The summed E-state index contributed by atoms with van der Waals surface area (Å²) >= 11 is 12.1. The summed E-state index contributed by atoms with van der Waals surface area (Å²) in [6.45, 7) is 1.99. The maximum absolute atomic E-state index is 13.9. The van der Waals surface area contributed by atoms with E-state index in [2.05, 4.69) is 5.32 Å². The van der Waals surface area contributed by atoms with Gasteiger partial charge in [-0.15, -0.1) is 0 Å². The molecule has 106 valence electrons. The molecular weight excluding hydrogens is 296 g/mol. The highest BCUT2D eigenvalue weighted by Crippen LogP contribution is 2.28. The molecule has 0 spiro atoms. The monoisotopic (exact) mass is 311 g/mol. The van der Waals surface area contributed by atoms with Crippen molar-refractivity contribution in [2.75, 3.05) is 7.05 Å². The van der Waals surface area contributed by atoms with Gasteiger partial charge < -0.3 is 5.32 Å². The van der Waals surface area contributed by atoms with Crippen LogP contribution in [-0.2, 0) is 6.42 Å². The second-order valence-electron chi connectivity index (χ2n) is 4.75. The molecule has 2 aromatic rings. The van der Waals surface area contributed by atoms with Crippen molar-refractivity contribution in [3.05, 3.63) is 69.0 Å². The Hall–Kier alpha value is -1.09. The normalized spacial score (nSPS) is 12.4. The third kappa shape index (κ3) is 3.32. The number of hydrogen-bond donors (Lipinski definition) is 1. The minimum atomic E-state index is -0.274.